The van der Waals surface area contributed by atoms with Crippen molar-refractivity contribution in [3.63, 3.8) is 0 Å². The standard InChI is InChI=1S/C21H40N4O2/c1-18(2)12-9-13-19(3,4)24(18)26-22-16-11-17-23-27-25-20(5,6)14-10-15-21(25,7)8/h16-17H,9-15H2,1-8H3. The molecule has 0 N–H and O–H groups in total. The Bertz CT molecular complexity index is 472. The summed E-state index contributed by atoms with van der Waals surface area (Å²) >= 11 is 0. The number of hydrogen-bond donors (Lipinski definition) is 0. The third kappa shape index (κ3) is 5.44. The number of hydrogen-bond acceptors (Lipinski definition) is 6. The van der Waals surface area contributed by atoms with E-state index in [9.17, 15) is 0 Å². The summed E-state index contributed by atoms with van der Waals surface area (Å²) in [5.74, 6) is 0. The lowest BCUT2D eigenvalue weighted by Gasteiger charge is -2.49. The number of piperidine rings is 2. The predicted molar refractivity (Wildman–Crippen MR) is 111 cm³/mol. The van der Waals surface area contributed by atoms with Gasteiger partial charge in [-0.05, 0) is 93.9 Å². The third-order valence-corrected chi connectivity index (χ3v) is 5.97. The average Bonchev–Trinajstić information content (AvgIpc) is 2.49. The summed E-state index contributed by atoms with van der Waals surface area (Å²) in [4.78, 5) is 11.5. The highest BCUT2D eigenvalue weighted by atomic mass is 16.8. The highest BCUT2D eigenvalue weighted by Gasteiger charge is 2.44. The summed E-state index contributed by atoms with van der Waals surface area (Å²) in [6, 6.07) is 0. The normalized spacial score (nSPS) is 27.9. The predicted octanol–water partition coefficient (Wildman–Crippen LogP) is 5.30. The quantitative estimate of drug-likeness (QED) is 0.463. The van der Waals surface area contributed by atoms with Crippen LogP contribution in [0.4, 0.5) is 0 Å². The van der Waals surface area contributed by atoms with E-state index < -0.39 is 0 Å². The van der Waals surface area contributed by atoms with E-state index in [0.717, 1.165) is 25.7 Å². The Hall–Kier alpha value is -1.14. The molecule has 2 aliphatic heterocycles. The van der Waals surface area contributed by atoms with Crippen molar-refractivity contribution in [1.29, 1.82) is 0 Å². The molecule has 2 fully saturated rings. The molecule has 2 rings (SSSR count). The van der Waals surface area contributed by atoms with Gasteiger partial charge in [-0.2, -0.15) is 0 Å². The Morgan fingerprint density at radius 1 is 0.630 bits per heavy atom. The van der Waals surface area contributed by atoms with Crippen molar-refractivity contribution in [3.05, 3.63) is 0 Å². The molecule has 0 aromatic carbocycles. The van der Waals surface area contributed by atoms with Crippen molar-refractivity contribution in [3.8, 4) is 0 Å². The molecule has 0 unspecified atom stereocenters. The van der Waals surface area contributed by atoms with Gasteiger partial charge >= 0.3 is 0 Å². The Morgan fingerprint density at radius 3 is 1.22 bits per heavy atom. The maximum atomic E-state index is 5.77. The van der Waals surface area contributed by atoms with E-state index in [1.165, 1.54) is 12.8 Å². The maximum Gasteiger partial charge on any atom is 0.0543 e. The van der Waals surface area contributed by atoms with Gasteiger partial charge in [0, 0.05) is 6.42 Å². The summed E-state index contributed by atoms with van der Waals surface area (Å²) in [7, 11) is 0. The molecule has 0 amide bonds. The molecule has 2 saturated heterocycles. The van der Waals surface area contributed by atoms with Crippen LogP contribution in [0.25, 0.3) is 0 Å². The molecular formula is C21H40N4O2. The van der Waals surface area contributed by atoms with Gasteiger partial charge in [0.05, 0.1) is 34.6 Å². The molecule has 27 heavy (non-hydrogen) atoms. The van der Waals surface area contributed by atoms with Crippen molar-refractivity contribution in [1.82, 2.24) is 10.1 Å². The number of hydroxylamine groups is 4. The smallest absolute Gasteiger partial charge is 0.0543 e. The van der Waals surface area contributed by atoms with E-state index in [4.69, 9.17) is 9.88 Å². The molecule has 0 bridgehead atoms. The van der Waals surface area contributed by atoms with Crippen LogP contribution in [-0.4, -0.2) is 44.7 Å². The number of nitrogens with zero attached hydrogens (tertiary/aromatic N) is 4. The molecule has 6 nitrogen and oxygen atoms in total. The molecule has 2 aliphatic rings. The van der Waals surface area contributed by atoms with Gasteiger partial charge in [-0.15, -0.1) is 10.1 Å². The molecule has 0 saturated carbocycles. The van der Waals surface area contributed by atoms with Gasteiger partial charge < -0.3 is 0 Å². The van der Waals surface area contributed by atoms with Crippen LogP contribution in [0.15, 0.2) is 10.3 Å². The lowest BCUT2D eigenvalue weighted by atomic mass is 9.82. The molecule has 6 heteroatoms. The highest BCUT2D eigenvalue weighted by molar-refractivity contribution is 5.78. The van der Waals surface area contributed by atoms with Gasteiger partial charge in [-0.1, -0.05) is 10.3 Å². The van der Waals surface area contributed by atoms with Crippen molar-refractivity contribution < 1.29 is 9.88 Å². The topological polar surface area (TPSA) is 49.7 Å². The molecule has 2 heterocycles. The Balaban J connectivity index is 1.83. The molecule has 0 atom stereocenters. The zero-order chi connectivity index (χ0) is 20.3. The van der Waals surface area contributed by atoms with E-state index in [2.05, 4.69) is 65.7 Å². The van der Waals surface area contributed by atoms with Crippen LogP contribution >= 0.6 is 0 Å². The van der Waals surface area contributed by atoms with E-state index in [1.54, 1.807) is 12.4 Å². The van der Waals surface area contributed by atoms with Gasteiger partial charge in [0.2, 0.25) is 0 Å². The van der Waals surface area contributed by atoms with Crippen molar-refractivity contribution in [2.45, 2.75) is 122 Å². The van der Waals surface area contributed by atoms with Crippen LogP contribution in [0, 0.1) is 0 Å². The number of oxime groups is 2. The van der Waals surface area contributed by atoms with Crippen LogP contribution in [0.2, 0.25) is 0 Å². The first-order chi connectivity index (χ1) is 12.4. The molecule has 156 valence electrons. The minimum Gasteiger partial charge on any atom is -0.296 e. The zero-order valence-corrected chi connectivity index (χ0v) is 18.7. The Morgan fingerprint density at radius 2 is 0.926 bits per heavy atom. The number of rotatable bonds is 6. The first-order valence-electron chi connectivity index (χ1n) is 10.4. The first-order valence-corrected chi connectivity index (χ1v) is 10.4. The van der Waals surface area contributed by atoms with Crippen LogP contribution in [0.3, 0.4) is 0 Å². The average molecular weight is 381 g/mol. The lowest BCUT2D eigenvalue weighted by molar-refractivity contribution is -0.281. The van der Waals surface area contributed by atoms with E-state index >= 15 is 0 Å². The van der Waals surface area contributed by atoms with Gasteiger partial charge in [-0.25, -0.2) is 0 Å². The van der Waals surface area contributed by atoms with E-state index in [-0.39, 0.29) is 22.2 Å². The summed E-state index contributed by atoms with van der Waals surface area (Å²) in [6.07, 6.45) is 10.9. The Kier molecular flexibility index (Phi) is 6.63. The molecule has 0 spiro atoms. The minimum absolute atomic E-state index is 0.0122. The van der Waals surface area contributed by atoms with E-state index in [1.807, 2.05) is 10.1 Å². The molecule has 0 radical (unpaired) electrons. The molecular weight excluding hydrogens is 340 g/mol. The van der Waals surface area contributed by atoms with Crippen molar-refractivity contribution in [2.75, 3.05) is 0 Å². The fourth-order valence-electron chi connectivity index (χ4n) is 4.69. The second-order valence-electron chi connectivity index (χ2n) is 10.5. The van der Waals surface area contributed by atoms with Crippen molar-refractivity contribution >= 4 is 12.4 Å². The van der Waals surface area contributed by atoms with Gasteiger partial charge in [0.25, 0.3) is 0 Å². The SMILES string of the molecule is CC1(C)CCCC(C)(C)N1ON=CCC=NON1C(C)(C)CCCC1(C)C. The van der Waals surface area contributed by atoms with E-state index in [0.29, 0.717) is 6.42 Å². The van der Waals surface area contributed by atoms with Crippen LogP contribution < -0.4 is 0 Å². The fraction of sp³-hybridized carbons (Fsp3) is 0.905. The summed E-state index contributed by atoms with van der Waals surface area (Å²) in [5, 5.41) is 12.4. The summed E-state index contributed by atoms with van der Waals surface area (Å²) < 4.78 is 0. The summed E-state index contributed by atoms with van der Waals surface area (Å²) in [5.41, 5.74) is -0.0487. The molecule has 0 aliphatic carbocycles. The molecule has 0 aromatic rings. The van der Waals surface area contributed by atoms with Gasteiger partial charge in [-0.3, -0.25) is 9.88 Å². The second-order valence-corrected chi connectivity index (χ2v) is 10.5. The fourth-order valence-corrected chi connectivity index (χ4v) is 4.69. The monoisotopic (exact) mass is 380 g/mol. The van der Waals surface area contributed by atoms with Gasteiger partial charge in [0.15, 0.2) is 0 Å². The largest absolute Gasteiger partial charge is 0.296 e. The highest BCUT2D eigenvalue weighted by Crippen LogP contribution is 2.39. The summed E-state index contributed by atoms with van der Waals surface area (Å²) in [6.45, 7) is 17.7. The second kappa shape index (κ2) is 8.08. The third-order valence-electron chi connectivity index (χ3n) is 5.97. The zero-order valence-electron chi connectivity index (χ0n) is 18.7. The Labute approximate surface area is 165 Å². The van der Waals surface area contributed by atoms with Gasteiger partial charge in [0.1, 0.15) is 0 Å². The lowest BCUT2D eigenvalue weighted by Crippen LogP contribution is -2.57. The first kappa shape index (κ1) is 22.2. The molecule has 0 aromatic heterocycles. The van der Waals surface area contributed by atoms with Crippen LogP contribution in [-0.2, 0) is 9.88 Å². The maximum absolute atomic E-state index is 5.77. The van der Waals surface area contributed by atoms with Crippen LogP contribution in [0.5, 0.6) is 0 Å². The van der Waals surface area contributed by atoms with Crippen LogP contribution in [0.1, 0.15) is 100 Å². The van der Waals surface area contributed by atoms with Crippen molar-refractivity contribution in [2.24, 2.45) is 10.3 Å². The minimum atomic E-state index is -0.0122.